The Labute approximate surface area is 63.4 Å². The molecule has 1 heterocycles. The molecule has 0 aromatic carbocycles. The fourth-order valence-corrected chi connectivity index (χ4v) is 2.43. The van der Waals surface area contributed by atoms with Crippen LogP contribution in [0.25, 0.3) is 0 Å². The second-order valence-electron chi connectivity index (χ2n) is 2.65. The van der Waals surface area contributed by atoms with Crippen molar-refractivity contribution in [2.24, 2.45) is 0 Å². The van der Waals surface area contributed by atoms with Crippen molar-refractivity contribution < 1.29 is 9.42 Å². The van der Waals surface area contributed by atoms with E-state index in [0.29, 0.717) is 0 Å². The summed E-state index contributed by atoms with van der Waals surface area (Å²) in [5, 5.41) is 10.2. The minimum Gasteiger partial charge on any atom is -0.314 e. The normalized spacial score (nSPS) is 34.7. The molecule has 0 radical (unpaired) electrons. The molecule has 0 aromatic rings. The molecule has 60 valence electrons. The highest BCUT2D eigenvalue weighted by molar-refractivity contribution is 7.85. The highest BCUT2D eigenvalue weighted by Gasteiger charge is 2.19. The molecule has 1 rings (SSSR count). The zero-order chi connectivity index (χ0) is 7.56. The van der Waals surface area contributed by atoms with Crippen molar-refractivity contribution >= 4 is 10.8 Å². The smallest absolute Gasteiger partial charge is 0.0364 e. The number of hydrogen-bond acceptors (Lipinski definition) is 3. The van der Waals surface area contributed by atoms with Gasteiger partial charge in [-0.2, -0.15) is 5.06 Å². The maximum atomic E-state index is 10.8. The predicted molar refractivity (Wildman–Crippen MR) is 40.4 cm³/mol. The minimum absolute atomic E-state index is 0.234. The van der Waals surface area contributed by atoms with Crippen LogP contribution in [0.15, 0.2) is 0 Å². The largest absolute Gasteiger partial charge is 0.314 e. The van der Waals surface area contributed by atoms with Gasteiger partial charge in [0.25, 0.3) is 0 Å². The summed E-state index contributed by atoms with van der Waals surface area (Å²) in [5.41, 5.74) is 0. The standard InChI is InChI=1S/C6H13NO2S/c1-7(8)6-2-4-10(9)5-3-6/h6,8H,2-5H2,1H3. The van der Waals surface area contributed by atoms with Crippen molar-refractivity contribution in [1.29, 1.82) is 0 Å². The van der Waals surface area contributed by atoms with Crippen LogP contribution in [-0.2, 0) is 10.8 Å². The Morgan fingerprint density at radius 1 is 1.50 bits per heavy atom. The molecule has 0 saturated carbocycles. The van der Waals surface area contributed by atoms with E-state index >= 15 is 0 Å². The third-order valence-electron chi connectivity index (χ3n) is 1.89. The van der Waals surface area contributed by atoms with Gasteiger partial charge in [-0.3, -0.25) is 4.21 Å². The molecule has 1 aliphatic rings. The number of hydroxylamine groups is 2. The lowest BCUT2D eigenvalue weighted by molar-refractivity contribution is -0.104. The number of nitrogens with zero attached hydrogens (tertiary/aromatic N) is 1. The van der Waals surface area contributed by atoms with E-state index in [1.54, 1.807) is 7.05 Å². The number of hydrogen-bond donors (Lipinski definition) is 1. The van der Waals surface area contributed by atoms with Gasteiger partial charge >= 0.3 is 0 Å². The molecule has 0 bridgehead atoms. The first-order valence-electron chi connectivity index (χ1n) is 3.47. The van der Waals surface area contributed by atoms with Gasteiger partial charge < -0.3 is 5.21 Å². The lowest BCUT2D eigenvalue weighted by Crippen LogP contribution is -2.35. The first-order valence-corrected chi connectivity index (χ1v) is 4.95. The van der Waals surface area contributed by atoms with Gasteiger partial charge in [-0.05, 0) is 12.8 Å². The Morgan fingerprint density at radius 2 is 2.00 bits per heavy atom. The van der Waals surface area contributed by atoms with Crippen molar-refractivity contribution in [1.82, 2.24) is 5.06 Å². The molecule has 1 aliphatic heterocycles. The van der Waals surface area contributed by atoms with E-state index in [9.17, 15) is 4.21 Å². The molecule has 0 unspecified atom stereocenters. The fraction of sp³-hybridized carbons (Fsp3) is 1.00. The second-order valence-corrected chi connectivity index (χ2v) is 4.35. The van der Waals surface area contributed by atoms with E-state index < -0.39 is 10.8 Å². The van der Waals surface area contributed by atoms with E-state index in [1.807, 2.05) is 0 Å². The van der Waals surface area contributed by atoms with Gasteiger partial charge in [-0.25, -0.2) is 0 Å². The molecule has 1 fully saturated rings. The van der Waals surface area contributed by atoms with Crippen LogP contribution in [0.3, 0.4) is 0 Å². The van der Waals surface area contributed by atoms with E-state index in [0.717, 1.165) is 24.3 Å². The molecular formula is C6H13NO2S. The molecule has 0 aromatic heterocycles. The van der Waals surface area contributed by atoms with Crippen molar-refractivity contribution in [3.8, 4) is 0 Å². The zero-order valence-electron chi connectivity index (χ0n) is 6.12. The average Bonchev–Trinajstić information content (AvgIpc) is 1.88. The Morgan fingerprint density at radius 3 is 2.40 bits per heavy atom. The van der Waals surface area contributed by atoms with Crippen molar-refractivity contribution in [3.05, 3.63) is 0 Å². The lowest BCUT2D eigenvalue weighted by Gasteiger charge is -2.25. The topological polar surface area (TPSA) is 40.5 Å². The van der Waals surface area contributed by atoms with Crippen molar-refractivity contribution in [2.45, 2.75) is 18.9 Å². The third kappa shape index (κ3) is 2.04. The van der Waals surface area contributed by atoms with Gasteiger partial charge in [0.1, 0.15) is 0 Å². The molecule has 1 N–H and O–H groups in total. The predicted octanol–water partition coefficient (Wildman–Crippen LogP) is 0.219. The SMILES string of the molecule is CN(O)C1CCS(=O)CC1. The summed E-state index contributed by atoms with van der Waals surface area (Å²) in [5.74, 6) is 1.49. The summed E-state index contributed by atoms with van der Waals surface area (Å²) in [4.78, 5) is 0. The molecule has 4 heteroatoms. The van der Waals surface area contributed by atoms with Crippen molar-refractivity contribution in [3.63, 3.8) is 0 Å². The van der Waals surface area contributed by atoms with Gasteiger partial charge in [-0.1, -0.05) is 0 Å². The molecule has 10 heavy (non-hydrogen) atoms. The zero-order valence-corrected chi connectivity index (χ0v) is 6.93. The molecule has 0 amide bonds. The van der Waals surface area contributed by atoms with Crippen LogP contribution < -0.4 is 0 Å². The Kier molecular flexibility index (Phi) is 2.82. The molecule has 3 nitrogen and oxygen atoms in total. The molecule has 0 aliphatic carbocycles. The first-order chi connectivity index (χ1) is 4.70. The summed E-state index contributed by atoms with van der Waals surface area (Å²) in [7, 11) is 1.04. The summed E-state index contributed by atoms with van der Waals surface area (Å²) >= 11 is 0. The summed E-state index contributed by atoms with van der Waals surface area (Å²) < 4.78 is 10.8. The molecule has 0 spiro atoms. The first kappa shape index (κ1) is 8.17. The monoisotopic (exact) mass is 163 g/mol. The molecule has 1 saturated heterocycles. The van der Waals surface area contributed by atoms with Crippen LogP contribution >= 0.6 is 0 Å². The minimum atomic E-state index is -0.615. The second kappa shape index (κ2) is 3.46. The number of rotatable bonds is 1. The van der Waals surface area contributed by atoms with Crippen LogP contribution in [0.2, 0.25) is 0 Å². The summed E-state index contributed by atoms with van der Waals surface area (Å²) in [6.07, 6.45) is 1.72. The van der Waals surface area contributed by atoms with E-state index in [1.165, 1.54) is 5.06 Å². The maximum absolute atomic E-state index is 10.8. The fourth-order valence-electron chi connectivity index (χ4n) is 1.16. The van der Waals surface area contributed by atoms with Gasteiger partial charge in [-0.15, -0.1) is 0 Å². The lowest BCUT2D eigenvalue weighted by atomic mass is 10.2. The van der Waals surface area contributed by atoms with E-state index in [2.05, 4.69) is 0 Å². The maximum Gasteiger partial charge on any atom is 0.0364 e. The average molecular weight is 163 g/mol. The summed E-state index contributed by atoms with van der Waals surface area (Å²) in [6, 6.07) is 0.234. The van der Waals surface area contributed by atoms with Crippen LogP contribution in [0.1, 0.15) is 12.8 Å². The quantitative estimate of drug-likeness (QED) is 0.562. The highest BCUT2D eigenvalue weighted by Crippen LogP contribution is 2.12. The van der Waals surface area contributed by atoms with Crippen molar-refractivity contribution in [2.75, 3.05) is 18.6 Å². The molecule has 0 atom stereocenters. The van der Waals surface area contributed by atoms with Gasteiger partial charge in [0.2, 0.25) is 0 Å². The van der Waals surface area contributed by atoms with Gasteiger partial charge in [0, 0.05) is 35.4 Å². The van der Waals surface area contributed by atoms with Crippen LogP contribution in [0.5, 0.6) is 0 Å². The summed E-state index contributed by atoms with van der Waals surface area (Å²) in [6.45, 7) is 0. The Bertz CT molecular complexity index is 128. The van der Waals surface area contributed by atoms with Crippen LogP contribution in [0.4, 0.5) is 0 Å². The van der Waals surface area contributed by atoms with E-state index in [4.69, 9.17) is 5.21 Å². The highest BCUT2D eigenvalue weighted by atomic mass is 32.2. The molecular weight excluding hydrogens is 150 g/mol. The Hall–Kier alpha value is 0.0700. The third-order valence-corrected chi connectivity index (χ3v) is 3.27. The van der Waals surface area contributed by atoms with Gasteiger partial charge in [0.15, 0.2) is 0 Å². The Balaban J connectivity index is 2.33. The van der Waals surface area contributed by atoms with Crippen LogP contribution in [0, 0.1) is 0 Å². The van der Waals surface area contributed by atoms with E-state index in [-0.39, 0.29) is 6.04 Å². The van der Waals surface area contributed by atoms with Crippen LogP contribution in [-0.4, -0.2) is 39.1 Å². The van der Waals surface area contributed by atoms with Gasteiger partial charge in [0.05, 0.1) is 0 Å².